The van der Waals surface area contributed by atoms with Gasteiger partial charge in [0.05, 0.1) is 0 Å². The van der Waals surface area contributed by atoms with Crippen molar-refractivity contribution in [3.05, 3.63) is 21.4 Å². The maximum absolute atomic E-state index is 3.57. The number of hydrogen-bond acceptors (Lipinski definition) is 2. The molecule has 1 atom stereocenters. The zero-order valence-electron chi connectivity index (χ0n) is 10.9. The van der Waals surface area contributed by atoms with Crippen molar-refractivity contribution in [2.75, 3.05) is 7.05 Å². The van der Waals surface area contributed by atoms with E-state index in [0.717, 1.165) is 0 Å². The first-order chi connectivity index (χ1) is 7.57. The van der Waals surface area contributed by atoms with E-state index in [2.05, 4.69) is 39.2 Å². The minimum Gasteiger partial charge on any atom is -0.312 e. The second-order valence-electron chi connectivity index (χ2n) is 5.49. The van der Waals surface area contributed by atoms with E-state index in [-0.39, 0.29) is 0 Å². The molecule has 0 aliphatic heterocycles. The van der Waals surface area contributed by atoms with Crippen molar-refractivity contribution in [1.82, 2.24) is 5.32 Å². The van der Waals surface area contributed by atoms with Crippen molar-refractivity contribution in [3.63, 3.8) is 0 Å². The first kappa shape index (κ1) is 12.1. The Hall–Kier alpha value is -0.340. The molecule has 2 rings (SSSR count). The van der Waals surface area contributed by atoms with Gasteiger partial charge in [0.1, 0.15) is 0 Å². The summed E-state index contributed by atoms with van der Waals surface area (Å²) in [6.07, 6.45) is 5.54. The zero-order chi connectivity index (χ0) is 11.8. The van der Waals surface area contributed by atoms with Gasteiger partial charge in [-0.2, -0.15) is 0 Å². The predicted octanol–water partition coefficient (Wildman–Crippen LogP) is 4.21. The van der Waals surface area contributed by atoms with Gasteiger partial charge >= 0.3 is 0 Å². The van der Waals surface area contributed by atoms with E-state index in [1.807, 2.05) is 11.3 Å². The van der Waals surface area contributed by atoms with E-state index in [0.29, 0.717) is 11.5 Å². The summed E-state index contributed by atoms with van der Waals surface area (Å²) in [5.74, 6) is 0. The molecule has 1 aromatic heterocycles. The van der Waals surface area contributed by atoms with E-state index in [1.54, 1.807) is 4.88 Å². The third kappa shape index (κ3) is 2.05. The fourth-order valence-electron chi connectivity index (χ4n) is 3.21. The van der Waals surface area contributed by atoms with Crippen molar-refractivity contribution < 1.29 is 0 Å². The molecule has 0 bridgehead atoms. The predicted molar refractivity (Wildman–Crippen MR) is 72.2 cm³/mol. The fourth-order valence-corrected chi connectivity index (χ4v) is 4.54. The van der Waals surface area contributed by atoms with E-state index >= 15 is 0 Å². The monoisotopic (exact) mass is 237 g/mol. The lowest BCUT2D eigenvalue weighted by molar-refractivity contribution is 0.236. The van der Waals surface area contributed by atoms with Gasteiger partial charge in [0.25, 0.3) is 0 Å². The molecule has 0 saturated heterocycles. The molecule has 0 amide bonds. The Morgan fingerprint density at radius 3 is 2.38 bits per heavy atom. The van der Waals surface area contributed by atoms with Crippen LogP contribution in [-0.4, -0.2) is 7.05 Å². The fraction of sp³-hybridized carbons (Fsp3) is 0.714. The van der Waals surface area contributed by atoms with E-state index in [1.165, 1.54) is 36.1 Å². The Labute approximate surface area is 103 Å². The van der Waals surface area contributed by atoms with Crippen molar-refractivity contribution in [2.45, 2.75) is 52.5 Å². The Bertz CT molecular complexity index is 361. The second-order valence-corrected chi connectivity index (χ2v) is 6.78. The summed E-state index contributed by atoms with van der Waals surface area (Å²) < 4.78 is 0. The Kier molecular flexibility index (Phi) is 3.41. The highest BCUT2D eigenvalue weighted by molar-refractivity contribution is 7.12. The SMILES string of the molecule is CNC(c1sc(C)cc1C)C1(C)CCCC1. The summed E-state index contributed by atoms with van der Waals surface area (Å²) in [5, 5.41) is 3.57. The summed E-state index contributed by atoms with van der Waals surface area (Å²) in [6.45, 7) is 6.92. The lowest BCUT2D eigenvalue weighted by atomic mass is 9.79. The normalized spacial score (nSPS) is 21.2. The molecular formula is C14H23NS. The zero-order valence-corrected chi connectivity index (χ0v) is 11.7. The van der Waals surface area contributed by atoms with E-state index < -0.39 is 0 Å². The first-order valence-corrected chi connectivity index (χ1v) is 7.13. The molecule has 1 aliphatic carbocycles. The third-order valence-corrected chi connectivity index (χ3v) is 5.29. The first-order valence-electron chi connectivity index (χ1n) is 6.31. The van der Waals surface area contributed by atoms with Crippen LogP contribution in [0.2, 0.25) is 0 Å². The summed E-state index contributed by atoms with van der Waals surface area (Å²) in [4.78, 5) is 3.00. The number of aryl methyl sites for hydroxylation is 2. The largest absolute Gasteiger partial charge is 0.312 e. The molecule has 0 spiro atoms. The standard InChI is InChI=1S/C14H23NS/c1-10-9-11(2)16-12(10)13(15-4)14(3)7-5-6-8-14/h9,13,15H,5-8H2,1-4H3. The van der Waals surface area contributed by atoms with Crippen LogP contribution in [-0.2, 0) is 0 Å². The van der Waals surface area contributed by atoms with Gasteiger partial charge in [-0.25, -0.2) is 0 Å². The van der Waals surface area contributed by atoms with Gasteiger partial charge < -0.3 is 5.32 Å². The molecule has 0 radical (unpaired) electrons. The van der Waals surface area contributed by atoms with Crippen molar-refractivity contribution >= 4 is 11.3 Å². The van der Waals surface area contributed by atoms with Crippen LogP contribution < -0.4 is 5.32 Å². The van der Waals surface area contributed by atoms with Gasteiger partial charge in [0.2, 0.25) is 0 Å². The van der Waals surface area contributed by atoms with Crippen molar-refractivity contribution in [1.29, 1.82) is 0 Å². The van der Waals surface area contributed by atoms with Gasteiger partial charge in [-0.15, -0.1) is 11.3 Å². The highest BCUT2D eigenvalue weighted by Crippen LogP contribution is 2.49. The number of hydrogen-bond donors (Lipinski definition) is 1. The molecule has 1 saturated carbocycles. The molecule has 1 N–H and O–H groups in total. The number of nitrogens with one attached hydrogen (secondary N) is 1. The average Bonchev–Trinajstić information content (AvgIpc) is 2.76. The maximum atomic E-state index is 3.57. The quantitative estimate of drug-likeness (QED) is 0.830. The van der Waals surface area contributed by atoms with Crippen LogP contribution >= 0.6 is 11.3 Å². The Balaban J connectivity index is 2.32. The molecular weight excluding hydrogens is 214 g/mol. The molecule has 1 nitrogen and oxygen atoms in total. The molecule has 90 valence electrons. The lowest BCUT2D eigenvalue weighted by Gasteiger charge is -2.34. The summed E-state index contributed by atoms with van der Waals surface area (Å²) in [5.41, 5.74) is 1.94. The highest BCUT2D eigenvalue weighted by atomic mass is 32.1. The summed E-state index contributed by atoms with van der Waals surface area (Å²) in [7, 11) is 2.11. The highest BCUT2D eigenvalue weighted by Gasteiger charge is 2.38. The van der Waals surface area contributed by atoms with E-state index in [9.17, 15) is 0 Å². The second kappa shape index (κ2) is 4.50. The minimum absolute atomic E-state index is 0.469. The van der Waals surface area contributed by atoms with Gasteiger partial charge in [-0.3, -0.25) is 0 Å². The van der Waals surface area contributed by atoms with Crippen molar-refractivity contribution in [3.8, 4) is 0 Å². The Morgan fingerprint density at radius 1 is 1.31 bits per heavy atom. The molecule has 2 heteroatoms. The molecule has 1 aliphatic rings. The van der Waals surface area contributed by atoms with Crippen LogP contribution in [0, 0.1) is 19.3 Å². The number of thiophene rings is 1. The summed E-state index contributed by atoms with van der Waals surface area (Å²) >= 11 is 1.97. The molecule has 16 heavy (non-hydrogen) atoms. The van der Waals surface area contributed by atoms with E-state index in [4.69, 9.17) is 0 Å². The average molecular weight is 237 g/mol. The molecule has 1 fully saturated rings. The van der Waals surface area contributed by atoms with Crippen LogP contribution in [0.15, 0.2) is 6.07 Å². The van der Waals surface area contributed by atoms with Crippen LogP contribution in [0.1, 0.15) is 54.0 Å². The van der Waals surface area contributed by atoms with Gasteiger partial charge in [0, 0.05) is 15.8 Å². The molecule has 0 aromatic carbocycles. The van der Waals surface area contributed by atoms with Crippen LogP contribution in [0.3, 0.4) is 0 Å². The third-order valence-electron chi connectivity index (χ3n) is 4.07. The topological polar surface area (TPSA) is 12.0 Å². The number of rotatable bonds is 3. The smallest absolute Gasteiger partial charge is 0.0469 e. The molecule has 1 unspecified atom stereocenters. The summed E-state index contributed by atoms with van der Waals surface area (Å²) in [6, 6.07) is 2.87. The van der Waals surface area contributed by atoms with Crippen LogP contribution in [0.4, 0.5) is 0 Å². The van der Waals surface area contributed by atoms with Crippen LogP contribution in [0.5, 0.6) is 0 Å². The minimum atomic E-state index is 0.469. The maximum Gasteiger partial charge on any atom is 0.0469 e. The van der Waals surface area contributed by atoms with Crippen molar-refractivity contribution in [2.24, 2.45) is 5.41 Å². The Morgan fingerprint density at radius 2 is 1.94 bits per heavy atom. The van der Waals surface area contributed by atoms with Gasteiger partial charge in [-0.05, 0) is 50.8 Å². The van der Waals surface area contributed by atoms with Crippen LogP contribution in [0.25, 0.3) is 0 Å². The molecule has 1 aromatic rings. The lowest BCUT2D eigenvalue weighted by Crippen LogP contribution is -2.32. The van der Waals surface area contributed by atoms with Gasteiger partial charge in [0.15, 0.2) is 0 Å². The molecule has 1 heterocycles. The van der Waals surface area contributed by atoms with Gasteiger partial charge in [-0.1, -0.05) is 19.8 Å².